The predicted octanol–water partition coefficient (Wildman–Crippen LogP) is 4.20. The normalized spacial score (nSPS) is 13.7. The highest BCUT2D eigenvalue weighted by Gasteiger charge is 2.29. The van der Waals surface area contributed by atoms with Gasteiger partial charge in [-0.25, -0.2) is 9.59 Å². The lowest BCUT2D eigenvalue weighted by molar-refractivity contribution is -0.134. The van der Waals surface area contributed by atoms with E-state index in [-0.39, 0.29) is 12.3 Å². The van der Waals surface area contributed by atoms with Crippen LogP contribution in [0, 0.1) is 0 Å². The average molecular weight is 425 g/mol. The molecular formula is C23H27N3O5. The van der Waals surface area contributed by atoms with Gasteiger partial charge in [-0.05, 0) is 58.0 Å². The first-order chi connectivity index (χ1) is 14.8. The smallest absolute Gasteiger partial charge is 0.415 e. The topological polar surface area (TPSA) is 89.5 Å². The molecule has 0 radical (unpaired) electrons. The van der Waals surface area contributed by atoms with Crippen LogP contribution in [-0.2, 0) is 14.3 Å². The first-order valence-corrected chi connectivity index (χ1v) is 10.1. The highest BCUT2D eigenvalue weighted by Crippen LogP contribution is 2.34. The summed E-state index contributed by atoms with van der Waals surface area (Å²) in [5, 5.41) is 4.28. The summed E-state index contributed by atoms with van der Waals surface area (Å²) in [6, 6.07) is 14.4. The Morgan fingerprint density at radius 3 is 2.58 bits per heavy atom. The molecular weight excluding hydrogens is 398 g/mol. The molecule has 2 aromatic rings. The van der Waals surface area contributed by atoms with Crippen molar-refractivity contribution in [3.05, 3.63) is 54.1 Å². The van der Waals surface area contributed by atoms with Gasteiger partial charge in [0.15, 0.2) is 5.71 Å². The summed E-state index contributed by atoms with van der Waals surface area (Å²) in [5.74, 6) is -0.0495. The molecule has 2 aromatic carbocycles. The van der Waals surface area contributed by atoms with E-state index < -0.39 is 17.7 Å². The number of nitrogens with zero attached hydrogens (tertiary/aromatic N) is 2. The number of amides is 1. The van der Waals surface area contributed by atoms with Gasteiger partial charge in [0.25, 0.3) is 0 Å². The number of ether oxygens (including phenoxy) is 3. The van der Waals surface area contributed by atoms with E-state index in [0.29, 0.717) is 30.2 Å². The van der Waals surface area contributed by atoms with Crippen LogP contribution in [0.4, 0.5) is 16.2 Å². The van der Waals surface area contributed by atoms with Crippen LogP contribution in [0.2, 0.25) is 0 Å². The van der Waals surface area contributed by atoms with Gasteiger partial charge in [-0.3, -0.25) is 10.3 Å². The van der Waals surface area contributed by atoms with Crippen LogP contribution in [-0.4, -0.2) is 43.1 Å². The quantitative estimate of drug-likeness (QED) is 0.439. The molecule has 0 unspecified atom stereocenters. The van der Waals surface area contributed by atoms with Crippen molar-refractivity contribution < 1.29 is 23.8 Å². The highest BCUT2D eigenvalue weighted by molar-refractivity contribution is 6.43. The molecule has 1 amide bonds. The van der Waals surface area contributed by atoms with E-state index in [1.54, 1.807) is 25.1 Å². The first-order valence-electron chi connectivity index (χ1n) is 10.1. The molecule has 0 bridgehead atoms. The summed E-state index contributed by atoms with van der Waals surface area (Å²) in [5.41, 5.74) is 4.05. The monoisotopic (exact) mass is 425 g/mol. The van der Waals surface area contributed by atoms with Crippen LogP contribution < -0.4 is 15.1 Å². The maximum atomic E-state index is 12.7. The Bertz CT molecular complexity index is 967. The Morgan fingerprint density at radius 1 is 1.16 bits per heavy atom. The van der Waals surface area contributed by atoms with Crippen LogP contribution in [0.25, 0.3) is 0 Å². The average Bonchev–Trinajstić information content (AvgIpc) is 2.73. The minimum Gasteiger partial charge on any atom is -0.490 e. The van der Waals surface area contributed by atoms with Crippen molar-refractivity contribution in [1.82, 2.24) is 0 Å². The van der Waals surface area contributed by atoms with Crippen molar-refractivity contribution in [2.75, 3.05) is 30.1 Å². The summed E-state index contributed by atoms with van der Waals surface area (Å²) < 4.78 is 16.4. The number of benzene rings is 2. The zero-order chi connectivity index (χ0) is 22.4. The third-order valence-electron chi connectivity index (χ3n) is 4.25. The largest absolute Gasteiger partial charge is 0.490 e. The molecule has 164 valence electrons. The maximum absolute atomic E-state index is 12.7. The molecule has 0 aromatic heterocycles. The lowest BCUT2D eigenvalue weighted by Crippen LogP contribution is -2.41. The molecule has 0 spiro atoms. The molecule has 1 N–H and O–H groups in total. The number of para-hydroxylation sites is 1. The fourth-order valence-electron chi connectivity index (χ4n) is 2.93. The number of esters is 1. The van der Waals surface area contributed by atoms with Gasteiger partial charge in [0, 0.05) is 5.56 Å². The van der Waals surface area contributed by atoms with Crippen LogP contribution in [0.1, 0.15) is 33.3 Å². The number of hydrogen-bond donors (Lipinski definition) is 1. The zero-order valence-corrected chi connectivity index (χ0v) is 18.2. The Morgan fingerprint density at radius 2 is 1.90 bits per heavy atom. The van der Waals surface area contributed by atoms with Crippen molar-refractivity contribution in [3.8, 4) is 5.75 Å². The number of anilines is 2. The molecule has 1 aliphatic heterocycles. The second kappa shape index (κ2) is 9.51. The molecule has 1 aliphatic rings. The fraction of sp³-hybridized carbons (Fsp3) is 0.348. The third-order valence-corrected chi connectivity index (χ3v) is 4.25. The minimum atomic E-state index is -0.635. The molecule has 0 saturated heterocycles. The number of carbonyl (C=O) groups excluding carboxylic acids is 2. The molecule has 0 atom stereocenters. The minimum absolute atomic E-state index is 0.0863. The van der Waals surface area contributed by atoms with Crippen molar-refractivity contribution in [2.45, 2.75) is 33.3 Å². The fourth-order valence-corrected chi connectivity index (χ4v) is 2.93. The number of hydrogen-bond acceptors (Lipinski definition) is 7. The van der Waals surface area contributed by atoms with Crippen LogP contribution in [0.5, 0.6) is 5.75 Å². The Balaban J connectivity index is 1.96. The molecule has 8 heteroatoms. The number of fused-ring (bicyclic) bond motifs is 1. The van der Waals surface area contributed by atoms with Crippen LogP contribution in [0.15, 0.2) is 53.6 Å². The molecule has 0 saturated carbocycles. The maximum Gasteiger partial charge on any atom is 0.415 e. The highest BCUT2D eigenvalue weighted by atomic mass is 16.6. The number of rotatable bonds is 5. The summed E-state index contributed by atoms with van der Waals surface area (Å²) in [6.07, 6.45) is -0.480. The van der Waals surface area contributed by atoms with E-state index in [2.05, 4.69) is 10.5 Å². The third kappa shape index (κ3) is 5.75. The van der Waals surface area contributed by atoms with Crippen LogP contribution >= 0.6 is 0 Å². The van der Waals surface area contributed by atoms with E-state index in [1.807, 2.05) is 51.1 Å². The second-order valence-corrected chi connectivity index (χ2v) is 7.82. The van der Waals surface area contributed by atoms with E-state index in [4.69, 9.17) is 14.2 Å². The second-order valence-electron chi connectivity index (χ2n) is 7.82. The van der Waals surface area contributed by atoms with Gasteiger partial charge in [0.2, 0.25) is 0 Å². The summed E-state index contributed by atoms with van der Waals surface area (Å²) in [4.78, 5) is 26.8. The lowest BCUT2D eigenvalue weighted by atomic mass is 10.1. The SMILES string of the molecule is CCOC(=O)/C(=N/Nc1ccccc1)c1ccc2c(c1)N(C(=O)OC(C)(C)C)CCO2. The van der Waals surface area contributed by atoms with Gasteiger partial charge >= 0.3 is 12.1 Å². The standard InChI is InChI=1S/C23H27N3O5/c1-5-29-21(27)20(25-24-17-9-7-6-8-10-17)16-11-12-19-18(15-16)26(13-14-30-19)22(28)31-23(2,3)4/h6-12,15,24H,5,13-14H2,1-4H3/b25-20+. The van der Waals surface area contributed by atoms with Crippen molar-refractivity contribution in [2.24, 2.45) is 5.10 Å². The van der Waals surface area contributed by atoms with E-state index in [9.17, 15) is 9.59 Å². The van der Waals surface area contributed by atoms with Gasteiger partial charge in [-0.15, -0.1) is 0 Å². The first kappa shape index (κ1) is 22.1. The molecule has 8 nitrogen and oxygen atoms in total. The van der Waals surface area contributed by atoms with E-state index in [1.165, 1.54) is 4.90 Å². The summed E-state index contributed by atoms with van der Waals surface area (Å²) in [7, 11) is 0. The van der Waals surface area contributed by atoms with Crippen molar-refractivity contribution in [1.29, 1.82) is 0 Å². The Kier molecular flexibility index (Phi) is 6.79. The number of nitrogens with one attached hydrogen (secondary N) is 1. The van der Waals surface area contributed by atoms with Crippen LogP contribution in [0.3, 0.4) is 0 Å². The lowest BCUT2D eigenvalue weighted by Gasteiger charge is -2.31. The summed E-state index contributed by atoms with van der Waals surface area (Å²) in [6.45, 7) is 8.04. The molecule has 1 heterocycles. The van der Waals surface area contributed by atoms with E-state index >= 15 is 0 Å². The van der Waals surface area contributed by atoms with Gasteiger partial charge < -0.3 is 14.2 Å². The van der Waals surface area contributed by atoms with Gasteiger partial charge in [0.1, 0.15) is 18.0 Å². The van der Waals surface area contributed by atoms with E-state index in [0.717, 1.165) is 5.69 Å². The zero-order valence-electron chi connectivity index (χ0n) is 18.2. The number of carbonyl (C=O) groups is 2. The Hall–Kier alpha value is -3.55. The summed E-state index contributed by atoms with van der Waals surface area (Å²) >= 11 is 0. The predicted molar refractivity (Wildman–Crippen MR) is 119 cm³/mol. The molecule has 3 rings (SSSR count). The van der Waals surface area contributed by atoms with Gasteiger partial charge in [-0.2, -0.15) is 5.10 Å². The Labute approximate surface area is 181 Å². The van der Waals surface area contributed by atoms with Crippen molar-refractivity contribution >= 4 is 29.1 Å². The van der Waals surface area contributed by atoms with Gasteiger partial charge in [0.05, 0.1) is 24.5 Å². The van der Waals surface area contributed by atoms with Crippen molar-refractivity contribution in [3.63, 3.8) is 0 Å². The number of hydrazone groups is 1. The van der Waals surface area contributed by atoms with Gasteiger partial charge in [-0.1, -0.05) is 18.2 Å². The molecule has 31 heavy (non-hydrogen) atoms. The molecule has 0 fully saturated rings. The molecule has 0 aliphatic carbocycles.